The van der Waals surface area contributed by atoms with Gasteiger partial charge in [-0.3, -0.25) is 4.79 Å². The summed E-state index contributed by atoms with van der Waals surface area (Å²) in [6.45, 7) is 2.64. The highest BCUT2D eigenvalue weighted by Crippen LogP contribution is 2.27. The van der Waals surface area contributed by atoms with Gasteiger partial charge in [0.25, 0.3) is 0 Å². The molecule has 2 rings (SSSR count). The molecule has 0 saturated heterocycles. The Labute approximate surface area is 147 Å². The number of hydrazone groups is 1. The number of amides is 1. The van der Waals surface area contributed by atoms with Crippen LogP contribution in [0.2, 0.25) is 10.0 Å². The molecule has 1 saturated carbocycles. The lowest BCUT2D eigenvalue weighted by molar-refractivity contribution is -0.121. The van der Waals surface area contributed by atoms with E-state index in [-0.39, 0.29) is 5.91 Å². The van der Waals surface area contributed by atoms with Crippen molar-refractivity contribution in [2.45, 2.75) is 45.4 Å². The van der Waals surface area contributed by atoms with Crippen LogP contribution < -0.4 is 10.2 Å². The summed E-state index contributed by atoms with van der Waals surface area (Å²) in [4.78, 5) is 11.8. The lowest BCUT2D eigenvalue weighted by Gasteiger charge is -2.18. The predicted octanol–water partition coefficient (Wildman–Crippen LogP) is 4.83. The van der Waals surface area contributed by atoms with Crippen molar-refractivity contribution in [3.63, 3.8) is 0 Å². The highest BCUT2D eigenvalue weighted by atomic mass is 35.5. The van der Waals surface area contributed by atoms with E-state index in [2.05, 4.69) is 17.5 Å². The van der Waals surface area contributed by atoms with Crippen LogP contribution in [0.3, 0.4) is 0 Å². The number of carbonyl (C=O) groups excluding carboxylic acids is 1. The Kier molecular flexibility index (Phi) is 7.18. The van der Waals surface area contributed by atoms with E-state index in [9.17, 15) is 4.79 Å². The van der Waals surface area contributed by atoms with Gasteiger partial charge in [-0.05, 0) is 56.2 Å². The maximum Gasteiger partial charge on any atom is 0.240 e. The van der Waals surface area contributed by atoms with Crippen molar-refractivity contribution in [1.29, 1.82) is 0 Å². The summed E-state index contributed by atoms with van der Waals surface area (Å²) in [5.74, 6) is 1.16. The number of nitrogens with one attached hydrogen (secondary N) is 1. The number of hydrogen-bond donors (Lipinski definition) is 1. The molecule has 1 aliphatic rings. The fraction of sp³-hybridized carbons (Fsp3) is 0.529. The van der Waals surface area contributed by atoms with Crippen molar-refractivity contribution in [3.8, 4) is 5.75 Å². The number of nitrogens with zero attached hydrogens (tertiary/aromatic N) is 1. The normalized spacial score (nSPS) is 19.6. The first-order valence-corrected chi connectivity index (χ1v) is 8.72. The first kappa shape index (κ1) is 18.1. The van der Waals surface area contributed by atoms with Crippen LogP contribution in [0, 0.1) is 5.92 Å². The summed E-state index contributed by atoms with van der Waals surface area (Å²) >= 11 is 11.8. The molecule has 0 radical (unpaired) electrons. The van der Waals surface area contributed by atoms with Crippen LogP contribution in [-0.4, -0.2) is 18.2 Å². The first-order valence-electron chi connectivity index (χ1n) is 7.96. The van der Waals surface area contributed by atoms with Crippen molar-refractivity contribution < 1.29 is 9.53 Å². The van der Waals surface area contributed by atoms with E-state index in [1.54, 1.807) is 18.2 Å². The van der Waals surface area contributed by atoms with E-state index in [1.165, 1.54) is 6.42 Å². The van der Waals surface area contributed by atoms with Crippen LogP contribution in [0.4, 0.5) is 0 Å². The molecule has 0 aromatic heterocycles. The second-order valence-corrected chi connectivity index (χ2v) is 6.78. The summed E-state index contributed by atoms with van der Waals surface area (Å²) in [6, 6.07) is 5.07. The zero-order valence-corrected chi connectivity index (χ0v) is 14.8. The Bertz CT molecular complexity index is 576. The molecule has 23 heavy (non-hydrogen) atoms. The lowest BCUT2D eigenvalue weighted by Crippen LogP contribution is -2.22. The Morgan fingerprint density at radius 2 is 2.26 bits per heavy atom. The fourth-order valence-corrected chi connectivity index (χ4v) is 3.03. The summed E-state index contributed by atoms with van der Waals surface area (Å²) in [7, 11) is 0. The number of carbonyl (C=O) groups is 1. The van der Waals surface area contributed by atoms with Crippen LogP contribution in [0.15, 0.2) is 23.3 Å². The second kappa shape index (κ2) is 9.14. The summed E-state index contributed by atoms with van der Waals surface area (Å²) in [5, 5.41) is 5.27. The fourth-order valence-electron chi connectivity index (χ4n) is 2.57. The largest absolute Gasteiger partial charge is 0.492 e. The van der Waals surface area contributed by atoms with E-state index in [4.69, 9.17) is 27.9 Å². The van der Waals surface area contributed by atoms with E-state index in [0.717, 1.165) is 25.0 Å². The molecule has 1 atom stereocenters. The van der Waals surface area contributed by atoms with Crippen molar-refractivity contribution in [2.24, 2.45) is 11.0 Å². The van der Waals surface area contributed by atoms with Gasteiger partial charge in [-0.15, -0.1) is 0 Å². The van der Waals surface area contributed by atoms with Crippen molar-refractivity contribution >= 4 is 34.8 Å². The summed E-state index contributed by atoms with van der Waals surface area (Å²) < 4.78 is 5.54. The molecule has 0 bridgehead atoms. The second-order valence-electron chi connectivity index (χ2n) is 5.94. The maximum atomic E-state index is 11.8. The van der Waals surface area contributed by atoms with Crippen molar-refractivity contribution in [1.82, 2.24) is 5.43 Å². The number of halogens is 2. The van der Waals surface area contributed by atoms with Gasteiger partial charge in [0.2, 0.25) is 5.91 Å². The monoisotopic (exact) mass is 356 g/mol. The highest BCUT2D eigenvalue weighted by Gasteiger charge is 2.14. The molecule has 0 heterocycles. The van der Waals surface area contributed by atoms with Gasteiger partial charge >= 0.3 is 0 Å². The molecule has 1 N–H and O–H groups in total. The van der Waals surface area contributed by atoms with Gasteiger partial charge < -0.3 is 4.74 Å². The van der Waals surface area contributed by atoms with Crippen LogP contribution in [-0.2, 0) is 4.79 Å². The first-order chi connectivity index (χ1) is 11.0. The van der Waals surface area contributed by atoms with Gasteiger partial charge in [-0.2, -0.15) is 5.10 Å². The minimum atomic E-state index is -0.0819. The third-order valence-corrected chi connectivity index (χ3v) is 4.32. The Morgan fingerprint density at radius 1 is 1.43 bits per heavy atom. The summed E-state index contributed by atoms with van der Waals surface area (Å²) in [5.41, 5.74) is 3.74. The molecule has 0 spiro atoms. The topological polar surface area (TPSA) is 50.7 Å². The van der Waals surface area contributed by atoms with Gasteiger partial charge in [0, 0.05) is 17.2 Å². The maximum absolute atomic E-state index is 11.8. The molecule has 4 nitrogen and oxygen atoms in total. The third-order valence-electron chi connectivity index (χ3n) is 3.78. The Balaban J connectivity index is 1.65. The van der Waals surface area contributed by atoms with Crippen LogP contribution >= 0.6 is 23.2 Å². The van der Waals surface area contributed by atoms with E-state index in [0.29, 0.717) is 41.2 Å². The minimum absolute atomic E-state index is 0.0819. The quantitative estimate of drug-likeness (QED) is 0.585. The number of ether oxygens (including phenoxy) is 1. The molecule has 1 aromatic rings. The van der Waals surface area contributed by atoms with Crippen molar-refractivity contribution in [2.75, 3.05) is 6.61 Å². The molecule has 1 fully saturated rings. The lowest BCUT2D eigenvalue weighted by atomic mass is 9.89. The van der Waals surface area contributed by atoms with Gasteiger partial charge in [0.05, 0.1) is 11.6 Å². The molecule has 1 aromatic carbocycles. The molecule has 6 heteroatoms. The smallest absolute Gasteiger partial charge is 0.240 e. The Hall–Kier alpha value is -1.26. The molecule has 1 amide bonds. The van der Waals surface area contributed by atoms with Gasteiger partial charge in [0.1, 0.15) is 5.75 Å². The molecule has 1 aliphatic carbocycles. The minimum Gasteiger partial charge on any atom is -0.492 e. The van der Waals surface area contributed by atoms with Crippen LogP contribution in [0.1, 0.15) is 45.4 Å². The highest BCUT2D eigenvalue weighted by molar-refractivity contribution is 6.35. The van der Waals surface area contributed by atoms with E-state index >= 15 is 0 Å². The average Bonchev–Trinajstić information content (AvgIpc) is 2.51. The van der Waals surface area contributed by atoms with Crippen LogP contribution in [0.25, 0.3) is 0 Å². The zero-order chi connectivity index (χ0) is 16.7. The number of hydrogen-bond acceptors (Lipinski definition) is 3. The number of rotatable bonds is 6. The summed E-state index contributed by atoms with van der Waals surface area (Å²) in [6.07, 6.45) is 5.36. The Morgan fingerprint density at radius 3 is 3.00 bits per heavy atom. The van der Waals surface area contributed by atoms with E-state index < -0.39 is 0 Å². The van der Waals surface area contributed by atoms with E-state index in [1.807, 2.05) is 0 Å². The standard InChI is InChI=1S/C17H22Cl2N2O2/c1-12-4-2-5-14(10-12)20-21-17(22)6-3-9-23-16-8-7-13(18)11-15(16)19/h7-8,11-12H,2-6,9-10H2,1H3,(H,21,22). The third kappa shape index (κ3) is 6.40. The predicted molar refractivity (Wildman–Crippen MR) is 94.4 cm³/mol. The molecular formula is C17H22Cl2N2O2. The SMILES string of the molecule is CC1CCCC(=NNC(=O)CCCOc2ccc(Cl)cc2Cl)C1. The van der Waals surface area contributed by atoms with Gasteiger partial charge in [-0.1, -0.05) is 30.1 Å². The van der Waals surface area contributed by atoms with Gasteiger partial charge in [0.15, 0.2) is 0 Å². The molecule has 1 unspecified atom stereocenters. The van der Waals surface area contributed by atoms with Crippen molar-refractivity contribution in [3.05, 3.63) is 28.2 Å². The molecule has 126 valence electrons. The average molecular weight is 357 g/mol. The van der Waals surface area contributed by atoms with Crippen LogP contribution in [0.5, 0.6) is 5.75 Å². The number of benzene rings is 1. The zero-order valence-electron chi connectivity index (χ0n) is 13.3. The molecule has 0 aliphatic heterocycles. The van der Waals surface area contributed by atoms with Gasteiger partial charge in [-0.25, -0.2) is 5.43 Å². The molecular weight excluding hydrogens is 335 g/mol.